The second-order valence-corrected chi connectivity index (χ2v) is 13.1. The molecule has 0 aromatic heterocycles. The Bertz CT molecular complexity index is 862. The Kier molecular flexibility index (Phi) is 11.3. The summed E-state index contributed by atoms with van der Waals surface area (Å²) < 4.78 is 36.4. The molecule has 12 heteroatoms. The molecule has 0 heterocycles. The highest BCUT2D eigenvalue weighted by atomic mass is 19.1. The van der Waals surface area contributed by atoms with Gasteiger partial charge in [-0.05, 0) is 89.0 Å². The zero-order valence-electron chi connectivity index (χ0n) is 25.2. The smallest absolute Gasteiger partial charge is 0.420 e. The van der Waals surface area contributed by atoms with Gasteiger partial charge in [0, 0.05) is 0 Å². The Morgan fingerprint density at radius 3 is 1.11 bits per heavy atom. The van der Waals surface area contributed by atoms with Gasteiger partial charge in [0.1, 0.15) is 28.4 Å². The number of hydrogen-bond acceptors (Lipinski definition) is 9. The van der Waals surface area contributed by atoms with Crippen molar-refractivity contribution >= 4 is 30.2 Å². The highest BCUT2D eigenvalue weighted by Gasteiger charge is 2.49. The Morgan fingerprint density at radius 1 is 0.553 bits per heavy atom. The van der Waals surface area contributed by atoms with Crippen molar-refractivity contribution in [3.05, 3.63) is 0 Å². The number of carbonyl (C=O) groups excluding carboxylic acids is 5. The lowest BCUT2D eigenvalue weighted by molar-refractivity contribution is -0.173. The van der Waals surface area contributed by atoms with Gasteiger partial charge in [0.2, 0.25) is 0 Å². The Morgan fingerprint density at radius 2 is 0.842 bits per heavy atom. The molecular weight excluding hydrogens is 503 g/mol. The second-order valence-electron chi connectivity index (χ2n) is 13.1. The standard InChI is InChI=1S/C26H45FN2O9/c1-15(2)16(28(20(32)36-24(6,7)8)21(33)37-25(9,10)11)18(30)29(22(34)38-26(12,13)14)17(27)19(31)35-23(3,4)5/h15-17H,1-14H3/t16-,17+/m0/s1. The number of esters is 1. The molecule has 0 aliphatic heterocycles. The van der Waals surface area contributed by atoms with Gasteiger partial charge in [-0.1, -0.05) is 13.8 Å². The molecule has 4 amide bonds. The summed E-state index contributed by atoms with van der Waals surface area (Å²) in [5.41, 5.74) is -4.52. The Balaban J connectivity index is 6.90. The molecule has 38 heavy (non-hydrogen) atoms. The van der Waals surface area contributed by atoms with Gasteiger partial charge in [-0.3, -0.25) is 4.79 Å². The van der Waals surface area contributed by atoms with Crippen molar-refractivity contribution in [2.24, 2.45) is 5.92 Å². The lowest BCUT2D eigenvalue weighted by Gasteiger charge is -2.37. The summed E-state index contributed by atoms with van der Waals surface area (Å²) in [5, 5.41) is 0. The molecule has 0 N–H and O–H groups in total. The number of ether oxygens (including phenoxy) is 4. The van der Waals surface area contributed by atoms with Gasteiger partial charge in [-0.15, -0.1) is 0 Å². The molecular formula is C26H45FN2O9. The summed E-state index contributed by atoms with van der Waals surface area (Å²) in [6, 6.07) is -1.83. The van der Waals surface area contributed by atoms with Gasteiger partial charge >= 0.3 is 24.2 Å². The maximum Gasteiger partial charge on any atom is 0.420 e. The second kappa shape index (κ2) is 12.3. The molecule has 0 bridgehead atoms. The fourth-order valence-electron chi connectivity index (χ4n) is 2.82. The van der Waals surface area contributed by atoms with E-state index >= 15 is 4.39 Å². The number of halogens is 1. The maximum absolute atomic E-state index is 15.6. The summed E-state index contributed by atoms with van der Waals surface area (Å²) in [6.45, 7) is 21.0. The van der Waals surface area contributed by atoms with E-state index in [9.17, 15) is 24.0 Å². The van der Waals surface area contributed by atoms with E-state index < -0.39 is 70.8 Å². The molecule has 11 nitrogen and oxygen atoms in total. The minimum atomic E-state index is -2.95. The predicted octanol–water partition coefficient (Wildman–Crippen LogP) is 5.58. The highest BCUT2D eigenvalue weighted by Crippen LogP contribution is 2.25. The minimum Gasteiger partial charge on any atom is -0.456 e. The normalized spacial score (nSPS) is 14.2. The largest absolute Gasteiger partial charge is 0.456 e. The van der Waals surface area contributed by atoms with Crippen LogP contribution in [-0.4, -0.2) is 74.7 Å². The van der Waals surface area contributed by atoms with Crippen LogP contribution in [0, 0.1) is 5.92 Å². The van der Waals surface area contributed by atoms with Crippen molar-refractivity contribution in [2.75, 3.05) is 0 Å². The summed E-state index contributed by atoms with van der Waals surface area (Å²) in [7, 11) is 0. The van der Waals surface area contributed by atoms with Gasteiger partial charge in [0.15, 0.2) is 0 Å². The summed E-state index contributed by atoms with van der Waals surface area (Å²) in [5.74, 6) is -3.84. The number of amides is 4. The van der Waals surface area contributed by atoms with E-state index in [2.05, 4.69) is 0 Å². The zero-order valence-corrected chi connectivity index (χ0v) is 25.2. The lowest BCUT2D eigenvalue weighted by atomic mass is 10.0. The van der Waals surface area contributed by atoms with Gasteiger partial charge in [0.05, 0.1) is 0 Å². The fourth-order valence-corrected chi connectivity index (χ4v) is 2.82. The number of imide groups is 2. The molecule has 0 unspecified atom stereocenters. The van der Waals surface area contributed by atoms with Crippen LogP contribution in [0.15, 0.2) is 0 Å². The number of nitrogens with zero attached hydrogens (tertiary/aromatic N) is 2. The SMILES string of the molecule is CC(C)[C@@H](C(=O)N(C(=O)OC(C)(C)C)[C@@H](F)C(=O)OC(C)(C)C)N(C(=O)OC(C)(C)C)C(=O)OC(C)(C)C. The van der Waals surface area contributed by atoms with E-state index in [1.807, 2.05) is 0 Å². The quantitative estimate of drug-likeness (QED) is 0.245. The molecule has 0 aromatic rings. The summed E-state index contributed by atoms with van der Waals surface area (Å²) >= 11 is 0. The van der Waals surface area contributed by atoms with Gasteiger partial charge < -0.3 is 18.9 Å². The van der Waals surface area contributed by atoms with E-state index in [1.54, 1.807) is 0 Å². The third-order valence-corrected chi connectivity index (χ3v) is 4.00. The molecule has 0 spiro atoms. The summed E-state index contributed by atoms with van der Waals surface area (Å²) in [4.78, 5) is 66.1. The molecule has 0 saturated carbocycles. The summed E-state index contributed by atoms with van der Waals surface area (Å²) in [6.07, 6.45) is -7.00. The molecule has 0 aliphatic rings. The number of rotatable bonds is 5. The van der Waals surface area contributed by atoms with Crippen LogP contribution in [0.2, 0.25) is 0 Å². The Labute approximate surface area is 225 Å². The number of alkyl halides is 1. The predicted molar refractivity (Wildman–Crippen MR) is 137 cm³/mol. The fraction of sp³-hybridized carbons (Fsp3) is 0.808. The molecule has 0 aliphatic carbocycles. The molecule has 2 atom stereocenters. The van der Waals surface area contributed by atoms with Crippen LogP contribution in [0.1, 0.15) is 96.9 Å². The number of hydrogen-bond donors (Lipinski definition) is 0. The van der Waals surface area contributed by atoms with Crippen molar-refractivity contribution < 1.29 is 47.3 Å². The van der Waals surface area contributed by atoms with Gasteiger partial charge in [0.25, 0.3) is 12.2 Å². The van der Waals surface area contributed by atoms with Crippen molar-refractivity contribution in [1.29, 1.82) is 0 Å². The van der Waals surface area contributed by atoms with Crippen LogP contribution in [-0.2, 0) is 28.5 Å². The third kappa shape index (κ3) is 12.1. The van der Waals surface area contributed by atoms with Crippen LogP contribution in [0.3, 0.4) is 0 Å². The minimum absolute atomic E-state index is 0.0915. The first-order chi connectivity index (χ1) is 16.7. The highest BCUT2D eigenvalue weighted by molar-refractivity contribution is 6.03. The molecule has 0 fully saturated rings. The van der Waals surface area contributed by atoms with E-state index in [-0.39, 0.29) is 4.90 Å². The van der Waals surface area contributed by atoms with Crippen LogP contribution < -0.4 is 0 Å². The van der Waals surface area contributed by atoms with Crippen molar-refractivity contribution in [2.45, 2.75) is 132 Å². The van der Waals surface area contributed by atoms with Crippen LogP contribution in [0.5, 0.6) is 0 Å². The third-order valence-electron chi connectivity index (χ3n) is 4.00. The molecule has 0 aromatic carbocycles. The maximum atomic E-state index is 15.6. The van der Waals surface area contributed by atoms with Crippen molar-refractivity contribution in [1.82, 2.24) is 9.80 Å². The van der Waals surface area contributed by atoms with Crippen LogP contribution in [0.25, 0.3) is 0 Å². The average molecular weight is 549 g/mol. The molecule has 0 saturated heterocycles. The first-order valence-corrected chi connectivity index (χ1v) is 12.3. The molecule has 0 radical (unpaired) electrons. The van der Waals surface area contributed by atoms with E-state index in [0.29, 0.717) is 4.90 Å². The van der Waals surface area contributed by atoms with Crippen LogP contribution in [0.4, 0.5) is 18.8 Å². The van der Waals surface area contributed by atoms with E-state index in [4.69, 9.17) is 18.9 Å². The van der Waals surface area contributed by atoms with E-state index in [1.165, 1.54) is 96.9 Å². The van der Waals surface area contributed by atoms with Crippen LogP contribution >= 0.6 is 0 Å². The van der Waals surface area contributed by atoms with Gasteiger partial charge in [-0.2, -0.15) is 4.90 Å². The first kappa shape index (κ1) is 35.1. The van der Waals surface area contributed by atoms with E-state index in [0.717, 1.165) is 0 Å². The zero-order chi connectivity index (χ0) is 30.6. The topological polar surface area (TPSA) is 129 Å². The van der Waals surface area contributed by atoms with Gasteiger partial charge in [-0.25, -0.2) is 28.5 Å². The van der Waals surface area contributed by atoms with Crippen molar-refractivity contribution in [3.8, 4) is 0 Å². The molecule has 220 valence electrons. The Hall–Kier alpha value is -2.92. The first-order valence-electron chi connectivity index (χ1n) is 12.3. The number of carbonyl (C=O) groups is 5. The monoisotopic (exact) mass is 548 g/mol. The average Bonchev–Trinajstić information content (AvgIpc) is 2.59. The lowest BCUT2D eigenvalue weighted by Crippen LogP contribution is -2.61. The van der Waals surface area contributed by atoms with Crippen molar-refractivity contribution in [3.63, 3.8) is 0 Å². The molecule has 0 rings (SSSR count).